The van der Waals surface area contributed by atoms with Crippen molar-refractivity contribution >= 4 is 17.5 Å². The summed E-state index contributed by atoms with van der Waals surface area (Å²) in [5.41, 5.74) is 7.61. The van der Waals surface area contributed by atoms with Gasteiger partial charge < -0.3 is 15.6 Å². The molecule has 0 fully saturated rings. The lowest BCUT2D eigenvalue weighted by atomic mass is 10.1. The number of alkyl halides is 3. The van der Waals surface area contributed by atoms with Gasteiger partial charge in [-0.1, -0.05) is 48.0 Å². The van der Waals surface area contributed by atoms with Gasteiger partial charge in [0.25, 0.3) is 5.91 Å². The van der Waals surface area contributed by atoms with Crippen LogP contribution in [0.2, 0.25) is 5.02 Å². The summed E-state index contributed by atoms with van der Waals surface area (Å²) in [6.07, 6.45) is -4.54. The van der Waals surface area contributed by atoms with Crippen LogP contribution in [-0.4, -0.2) is 23.6 Å². The number of nitrogens with zero attached hydrogens (tertiary/aromatic N) is 1. The molecule has 0 aliphatic rings. The van der Waals surface area contributed by atoms with Crippen molar-refractivity contribution < 1.29 is 18.0 Å². The van der Waals surface area contributed by atoms with Gasteiger partial charge in [0.15, 0.2) is 0 Å². The second kappa shape index (κ2) is 9.75. The fourth-order valence-corrected chi connectivity index (χ4v) is 3.88. The van der Waals surface area contributed by atoms with Gasteiger partial charge in [0, 0.05) is 23.7 Å². The smallest absolute Gasteiger partial charge is 0.351 e. The molecule has 3 N–H and O–H groups in total. The Morgan fingerprint density at radius 1 is 0.853 bits per heavy atom. The molecule has 0 spiro atoms. The van der Waals surface area contributed by atoms with Crippen LogP contribution < -0.4 is 11.1 Å². The third kappa shape index (κ3) is 4.85. The molecule has 4 aromatic rings. The number of aromatic nitrogens is 1. The summed E-state index contributed by atoms with van der Waals surface area (Å²) in [5.74, 6) is -0.267. The molecule has 0 unspecified atom stereocenters. The zero-order valence-electron chi connectivity index (χ0n) is 17.9. The van der Waals surface area contributed by atoms with Crippen LogP contribution in [0.1, 0.15) is 15.9 Å². The summed E-state index contributed by atoms with van der Waals surface area (Å²) in [7, 11) is 0. The highest BCUT2D eigenvalue weighted by molar-refractivity contribution is 6.30. The maximum atomic E-state index is 13.9. The lowest BCUT2D eigenvalue weighted by molar-refractivity contribution is -0.137. The van der Waals surface area contributed by atoms with Gasteiger partial charge in [-0.2, -0.15) is 13.2 Å². The van der Waals surface area contributed by atoms with Crippen LogP contribution in [0.15, 0.2) is 84.9 Å². The van der Waals surface area contributed by atoms with E-state index in [1.165, 1.54) is 12.1 Å². The molecule has 1 aromatic heterocycles. The summed E-state index contributed by atoms with van der Waals surface area (Å²) in [6.45, 7) is 0.672. The van der Waals surface area contributed by atoms with E-state index in [4.69, 9.17) is 17.3 Å². The average molecular weight is 484 g/mol. The molecule has 4 rings (SSSR count). The van der Waals surface area contributed by atoms with Gasteiger partial charge >= 0.3 is 6.18 Å². The van der Waals surface area contributed by atoms with Crippen LogP contribution in [0, 0.1) is 0 Å². The Balaban J connectivity index is 1.87. The third-order valence-electron chi connectivity index (χ3n) is 5.34. The Bertz CT molecular complexity index is 1300. The van der Waals surface area contributed by atoms with Gasteiger partial charge in [0.05, 0.1) is 22.6 Å². The van der Waals surface area contributed by atoms with Crippen LogP contribution >= 0.6 is 11.6 Å². The molecule has 0 aliphatic carbocycles. The van der Waals surface area contributed by atoms with Crippen LogP contribution in [0.4, 0.5) is 13.2 Å². The maximum absolute atomic E-state index is 13.9. The van der Waals surface area contributed by atoms with E-state index < -0.39 is 11.7 Å². The largest absolute Gasteiger partial charge is 0.418 e. The Morgan fingerprint density at radius 3 is 1.97 bits per heavy atom. The number of amides is 1. The van der Waals surface area contributed by atoms with Gasteiger partial charge in [-0.3, -0.25) is 4.79 Å². The molecule has 8 heteroatoms. The van der Waals surface area contributed by atoms with Crippen molar-refractivity contribution in [1.82, 2.24) is 9.88 Å². The van der Waals surface area contributed by atoms with Crippen molar-refractivity contribution in [3.05, 3.63) is 101 Å². The lowest BCUT2D eigenvalue weighted by Gasteiger charge is -2.19. The topological polar surface area (TPSA) is 60.0 Å². The van der Waals surface area contributed by atoms with E-state index >= 15 is 0 Å². The Kier molecular flexibility index (Phi) is 6.77. The Labute approximate surface area is 199 Å². The van der Waals surface area contributed by atoms with Crippen molar-refractivity contribution in [1.29, 1.82) is 0 Å². The highest BCUT2D eigenvalue weighted by Crippen LogP contribution is 2.39. The van der Waals surface area contributed by atoms with Crippen molar-refractivity contribution in [3.63, 3.8) is 0 Å². The highest BCUT2D eigenvalue weighted by atomic mass is 35.5. The molecule has 1 amide bonds. The SMILES string of the molecule is NCCNC(=O)c1ccc(-c2ccc(-c3ccc(Cl)cc3)n2-c2ccccc2C(F)(F)F)cc1. The minimum atomic E-state index is -4.54. The average Bonchev–Trinajstić information content (AvgIpc) is 3.27. The molecular formula is C26H21ClF3N3O. The second-order valence-corrected chi connectivity index (χ2v) is 8.02. The van der Waals surface area contributed by atoms with E-state index in [0.29, 0.717) is 46.2 Å². The molecule has 0 saturated carbocycles. The first-order valence-electron chi connectivity index (χ1n) is 10.5. The fourth-order valence-electron chi connectivity index (χ4n) is 3.76. The van der Waals surface area contributed by atoms with E-state index in [1.807, 2.05) is 0 Å². The van der Waals surface area contributed by atoms with Gasteiger partial charge in [0.2, 0.25) is 0 Å². The number of rotatable bonds is 6. The van der Waals surface area contributed by atoms with E-state index in [1.54, 1.807) is 71.3 Å². The molecular weight excluding hydrogens is 463 g/mol. The quantitative estimate of drug-likeness (QED) is 0.344. The molecule has 1 heterocycles. The predicted octanol–water partition coefficient (Wildman–Crippen LogP) is 6.17. The number of nitrogens with two attached hydrogens (primary N) is 1. The van der Waals surface area contributed by atoms with E-state index in [9.17, 15) is 18.0 Å². The van der Waals surface area contributed by atoms with Crippen LogP contribution in [0.5, 0.6) is 0 Å². The van der Waals surface area contributed by atoms with Crippen molar-refractivity contribution in [3.8, 4) is 28.2 Å². The summed E-state index contributed by atoms with van der Waals surface area (Å²) in [5, 5.41) is 3.22. The summed E-state index contributed by atoms with van der Waals surface area (Å²) in [4.78, 5) is 12.2. The number of para-hydroxylation sites is 1. The summed E-state index contributed by atoms with van der Waals surface area (Å²) in [6, 6.07) is 22.6. The molecule has 0 saturated heterocycles. The molecule has 174 valence electrons. The first-order chi connectivity index (χ1) is 16.3. The molecule has 34 heavy (non-hydrogen) atoms. The number of nitrogens with one attached hydrogen (secondary N) is 1. The summed E-state index contributed by atoms with van der Waals surface area (Å²) >= 11 is 6.02. The van der Waals surface area contributed by atoms with Gasteiger partial charge in [-0.15, -0.1) is 0 Å². The second-order valence-electron chi connectivity index (χ2n) is 7.58. The zero-order valence-corrected chi connectivity index (χ0v) is 18.7. The molecule has 0 aliphatic heterocycles. The highest BCUT2D eigenvalue weighted by Gasteiger charge is 2.34. The van der Waals surface area contributed by atoms with Gasteiger partial charge in [-0.25, -0.2) is 0 Å². The lowest BCUT2D eigenvalue weighted by Crippen LogP contribution is -2.28. The molecule has 0 bridgehead atoms. The van der Waals surface area contributed by atoms with Crippen molar-refractivity contribution in [2.24, 2.45) is 5.73 Å². The number of hydrogen-bond acceptors (Lipinski definition) is 2. The standard InChI is InChI=1S/C26H21ClF3N3O/c27-20-11-9-18(10-12-20)23-14-13-22(17-5-7-19(8-6-17)25(34)32-16-15-31)33(23)24-4-2-1-3-21(24)26(28,29)30/h1-14H,15-16,31H2,(H,32,34). The first-order valence-corrected chi connectivity index (χ1v) is 10.9. The third-order valence-corrected chi connectivity index (χ3v) is 5.60. The van der Waals surface area contributed by atoms with Crippen LogP contribution in [0.25, 0.3) is 28.2 Å². The number of carbonyl (C=O) groups is 1. The zero-order chi connectivity index (χ0) is 24.3. The Hall–Kier alpha value is -3.55. The fraction of sp³-hybridized carbons (Fsp3) is 0.115. The number of carbonyl (C=O) groups excluding carboxylic acids is 1. The number of halogens is 4. The van der Waals surface area contributed by atoms with E-state index in [-0.39, 0.29) is 11.6 Å². The maximum Gasteiger partial charge on any atom is 0.418 e. The summed E-state index contributed by atoms with van der Waals surface area (Å²) < 4.78 is 43.3. The van der Waals surface area contributed by atoms with Crippen LogP contribution in [0.3, 0.4) is 0 Å². The monoisotopic (exact) mass is 483 g/mol. The van der Waals surface area contributed by atoms with Gasteiger partial charge in [0.1, 0.15) is 0 Å². The minimum absolute atomic E-state index is 0.00437. The Morgan fingerprint density at radius 2 is 1.41 bits per heavy atom. The van der Waals surface area contributed by atoms with E-state index in [2.05, 4.69) is 5.32 Å². The minimum Gasteiger partial charge on any atom is -0.351 e. The number of hydrogen-bond donors (Lipinski definition) is 2. The molecule has 0 radical (unpaired) electrons. The van der Waals surface area contributed by atoms with Gasteiger partial charge in [-0.05, 0) is 59.7 Å². The molecule has 0 atom stereocenters. The first kappa shape index (κ1) is 23.6. The van der Waals surface area contributed by atoms with Crippen molar-refractivity contribution in [2.45, 2.75) is 6.18 Å². The van der Waals surface area contributed by atoms with Crippen molar-refractivity contribution in [2.75, 3.05) is 13.1 Å². The molecule has 3 aromatic carbocycles. The number of benzene rings is 3. The van der Waals surface area contributed by atoms with E-state index in [0.717, 1.165) is 6.07 Å². The normalized spacial score (nSPS) is 11.4. The molecule has 4 nitrogen and oxygen atoms in total. The predicted molar refractivity (Wildman–Crippen MR) is 128 cm³/mol. The van der Waals surface area contributed by atoms with Crippen LogP contribution in [-0.2, 0) is 6.18 Å².